The molecule has 1 amide bonds. The van der Waals surface area contributed by atoms with Crippen LogP contribution in [-0.4, -0.2) is 55.3 Å². The Bertz CT molecular complexity index is 1270. The highest BCUT2D eigenvalue weighted by Crippen LogP contribution is 2.36. The number of nitrogens with one attached hydrogen (secondary N) is 1. The van der Waals surface area contributed by atoms with Gasteiger partial charge in [-0.15, -0.1) is 0 Å². The summed E-state index contributed by atoms with van der Waals surface area (Å²) in [5.74, 6) is 0.127. The summed E-state index contributed by atoms with van der Waals surface area (Å²) >= 11 is -0.114. The Hall–Kier alpha value is -1.63. The number of benzene rings is 1. The topological polar surface area (TPSA) is 133 Å². The number of halogens is 1. The minimum Gasteiger partial charge on any atom is -0.437 e. The van der Waals surface area contributed by atoms with Crippen LogP contribution in [0, 0.1) is 10.5 Å². The number of amides is 1. The van der Waals surface area contributed by atoms with Gasteiger partial charge in [0.15, 0.2) is 7.37 Å². The Kier molecular flexibility index (Phi) is 9.64. The van der Waals surface area contributed by atoms with E-state index >= 15 is 0 Å². The van der Waals surface area contributed by atoms with Gasteiger partial charge in [-0.3, -0.25) is 13.9 Å². The third-order valence-corrected chi connectivity index (χ3v) is 8.34. The van der Waals surface area contributed by atoms with Crippen LogP contribution >= 0.6 is 30.0 Å². The Labute approximate surface area is 220 Å². The molecule has 0 fully saturated rings. The minimum absolute atomic E-state index is 0.111. The van der Waals surface area contributed by atoms with Gasteiger partial charge in [0.1, 0.15) is 5.76 Å². The van der Waals surface area contributed by atoms with Crippen LogP contribution in [0.2, 0.25) is 0 Å². The summed E-state index contributed by atoms with van der Waals surface area (Å²) in [6.45, 7) is 3.75. The number of furan rings is 1. The third-order valence-electron chi connectivity index (χ3n) is 5.50. The predicted molar refractivity (Wildman–Crippen MR) is 146 cm³/mol. The molecular weight excluding hydrogens is 604 g/mol. The maximum Gasteiger partial charge on any atom is 0.255 e. The molecule has 2 heterocycles. The molecule has 35 heavy (non-hydrogen) atoms. The monoisotopic (exact) mass is 633 g/mol. The number of aromatic nitrogens is 1. The molecule has 0 aliphatic rings. The van der Waals surface area contributed by atoms with Crippen molar-refractivity contribution in [3.8, 4) is 11.3 Å². The summed E-state index contributed by atoms with van der Waals surface area (Å²) in [4.78, 5) is 26.7. The van der Waals surface area contributed by atoms with Crippen LogP contribution in [0.1, 0.15) is 40.9 Å². The molecule has 0 aliphatic heterocycles. The van der Waals surface area contributed by atoms with Gasteiger partial charge in [0, 0.05) is 35.6 Å². The number of pyridine rings is 1. The summed E-state index contributed by atoms with van der Waals surface area (Å²) in [5, 5.41) is 3.23. The van der Waals surface area contributed by atoms with Crippen LogP contribution in [0.4, 0.5) is 0 Å². The lowest BCUT2D eigenvalue weighted by Crippen LogP contribution is -2.27. The molecule has 3 aromatic rings. The van der Waals surface area contributed by atoms with Crippen LogP contribution in [-0.2, 0) is 22.4 Å². The molecule has 1 aromatic carbocycles. The van der Waals surface area contributed by atoms with Gasteiger partial charge in [0.25, 0.3) is 5.91 Å². The van der Waals surface area contributed by atoms with Gasteiger partial charge in [0.05, 0.1) is 23.2 Å². The van der Waals surface area contributed by atoms with Gasteiger partial charge in [0.2, 0.25) is 17.0 Å². The molecular formula is C23H29IN3O6PS. The van der Waals surface area contributed by atoms with Crippen LogP contribution < -0.4 is 5.32 Å². The van der Waals surface area contributed by atoms with Crippen molar-refractivity contribution in [2.24, 2.45) is 0 Å². The van der Waals surface area contributed by atoms with Crippen LogP contribution in [0.5, 0.6) is 0 Å². The average Bonchev–Trinajstić information content (AvgIpc) is 3.15. The molecule has 12 heteroatoms. The molecule has 190 valence electrons. The van der Waals surface area contributed by atoms with E-state index in [1.54, 1.807) is 7.05 Å². The van der Waals surface area contributed by atoms with E-state index < -0.39 is 18.6 Å². The zero-order valence-corrected chi connectivity index (χ0v) is 23.7. The lowest BCUT2D eigenvalue weighted by molar-refractivity contribution is 0.0964. The number of nitrogens with zero attached hydrogens (tertiary/aromatic N) is 2. The van der Waals surface area contributed by atoms with E-state index in [0.29, 0.717) is 48.2 Å². The first-order valence-electron chi connectivity index (χ1n) is 11.1. The van der Waals surface area contributed by atoms with Crippen molar-refractivity contribution in [3.05, 3.63) is 50.7 Å². The second-order valence-electron chi connectivity index (χ2n) is 8.45. The van der Waals surface area contributed by atoms with Crippen molar-refractivity contribution in [2.45, 2.75) is 32.7 Å². The van der Waals surface area contributed by atoms with Gasteiger partial charge < -0.3 is 14.6 Å². The molecule has 0 saturated heterocycles. The van der Waals surface area contributed by atoms with E-state index in [-0.39, 0.29) is 24.3 Å². The maximum atomic E-state index is 12.7. The normalized spacial score (nSPS) is 14.3. The van der Waals surface area contributed by atoms with E-state index in [1.807, 2.05) is 37.3 Å². The first-order valence-corrected chi connectivity index (χ1v) is 15.5. The first-order chi connectivity index (χ1) is 16.5. The summed E-state index contributed by atoms with van der Waals surface area (Å²) in [7, 11) is -1.49. The van der Waals surface area contributed by atoms with Gasteiger partial charge in [-0.1, -0.05) is 36.2 Å². The van der Waals surface area contributed by atoms with Gasteiger partial charge in [-0.2, -0.15) is 4.31 Å². The molecule has 0 radical (unpaired) electrons. The van der Waals surface area contributed by atoms with Crippen LogP contribution in [0.25, 0.3) is 22.4 Å². The van der Waals surface area contributed by atoms with Crippen molar-refractivity contribution >= 4 is 58.2 Å². The molecule has 0 bridgehead atoms. The van der Waals surface area contributed by atoms with Crippen LogP contribution in [0.15, 0.2) is 34.7 Å². The fraction of sp³-hybridized carbons (Fsp3) is 0.391. The van der Waals surface area contributed by atoms with Gasteiger partial charge in [-0.25, -0.2) is 9.19 Å². The fourth-order valence-electron chi connectivity index (χ4n) is 3.65. The van der Waals surface area contributed by atoms with E-state index in [0.717, 1.165) is 14.7 Å². The number of unbranched alkanes of at least 4 members (excludes halogenated alkanes) is 2. The third kappa shape index (κ3) is 7.43. The van der Waals surface area contributed by atoms with Crippen molar-refractivity contribution in [3.63, 3.8) is 0 Å². The summed E-state index contributed by atoms with van der Waals surface area (Å²) in [6.07, 6.45) is 2.09. The second kappa shape index (κ2) is 12.1. The van der Waals surface area contributed by atoms with E-state index in [4.69, 9.17) is 4.42 Å². The summed E-state index contributed by atoms with van der Waals surface area (Å²) in [6, 6.07) is 9.45. The first kappa shape index (κ1) is 27.9. The van der Waals surface area contributed by atoms with Crippen molar-refractivity contribution in [2.75, 3.05) is 26.4 Å². The molecule has 0 aliphatic carbocycles. The van der Waals surface area contributed by atoms with Gasteiger partial charge in [-0.05, 0) is 48.4 Å². The number of carbonyl (C=O) groups excluding carboxylic acids is 1. The Morgan fingerprint density at radius 2 is 1.94 bits per heavy atom. The summed E-state index contributed by atoms with van der Waals surface area (Å²) in [5.41, 5.74) is 3.06. The minimum atomic E-state index is -3.04. The Balaban J connectivity index is 1.88. The molecule has 0 saturated carbocycles. The average molecular weight is 633 g/mol. The van der Waals surface area contributed by atoms with Crippen molar-refractivity contribution < 1.29 is 27.4 Å². The highest BCUT2D eigenvalue weighted by atomic mass is 127. The van der Waals surface area contributed by atoms with Crippen molar-refractivity contribution in [1.29, 1.82) is 0 Å². The quantitative estimate of drug-likeness (QED) is 0.120. The number of rotatable bonds is 11. The predicted octanol–water partition coefficient (Wildman–Crippen LogP) is 4.78. The molecule has 3 N–H and O–H groups in total. The zero-order valence-electron chi connectivity index (χ0n) is 19.8. The number of hydrogen-bond acceptors (Lipinski definition) is 5. The van der Waals surface area contributed by atoms with E-state index in [9.17, 15) is 23.0 Å². The number of aryl methyl sites for hydroxylation is 1. The highest BCUT2D eigenvalue weighted by molar-refractivity contribution is 14.1. The molecule has 3 rings (SSSR count). The largest absolute Gasteiger partial charge is 0.437 e. The lowest BCUT2D eigenvalue weighted by Gasteiger charge is -2.18. The van der Waals surface area contributed by atoms with Gasteiger partial charge >= 0.3 is 0 Å². The van der Waals surface area contributed by atoms with E-state index in [1.165, 1.54) is 11.0 Å². The maximum absolute atomic E-state index is 12.7. The number of carbonyl (C=O) groups is 1. The molecule has 9 nitrogen and oxygen atoms in total. The fourth-order valence-corrected chi connectivity index (χ4v) is 5.58. The van der Waals surface area contributed by atoms with Crippen LogP contribution in [0.3, 0.4) is 0 Å². The number of hydrogen-bond donors (Lipinski definition) is 3. The summed E-state index contributed by atoms with van der Waals surface area (Å²) < 4.78 is 41.3. The zero-order chi connectivity index (χ0) is 25.8. The van der Waals surface area contributed by atoms with E-state index in [2.05, 4.69) is 32.9 Å². The Morgan fingerprint density at radius 3 is 2.54 bits per heavy atom. The highest BCUT2D eigenvalue weighted by Gasteiger charge is 2.24. The molecule has 2 aromatic heterocycles. The standard InChI is InChI=1S/C23H29IN3O6PS/c1-15-7-9-16(10-8-15)21-20(22(28)25-2)17-13-18(24)19(26-23(17)33-21)14-27(35(31)32)11-5-4-6-12-34(3,29)30/h7-10,13H,4-6,11-12,14H2,1-3H3,(H,25,28)(H,29,30)(H,31,32). The SMILES string of the molecule is CNC(=O)c1c(-c2ccc(C)cc2)oc2nc(CN(CCCCCP(C)(=O)O)S(=O)O)c(I)cc12. The van der Waals surface area contributed by atoms with Crippen molar-refractivity contribution in [1.82, 2.24) is 14.6 Å². The number of fused-ring (bicyclic) bond motifs is 1. The molecule has 2 atom stereocenters. The molecule has 2 unspecified atom stereocenters. The second-order valence-corrected chi connectivity index (χ2v) is 13.1. The molecule has 0 spiro atoms. The lowest BCUT2D eigenvalue weighted by atomic mass is 10.0. The smallest absolute Gasteiger partial charge is 0.255 e. The Morgan fingerprint density at radius 1 is 1.26 bits per heavy atom.